The van der Waals surface area contributed by atoms with E-state index >= 15 is 0 Å². The summed E-state index contributed by atoms with van der Waals surface area (Å²) >= 11 is 1.45. The van der Waals surface area contributed by atoms with E-state index in [-0.39, 0.29) is 65.4 Å². The molecule has 6 atom stereocenters. The standard InChI is InChI=1S/C23H34N8O5S/c1-11(7-13(32)10-30-23(29(5)6)25-26-27-30)16-17-12(2)19(18(22(35)36)31(17)21(16)34)37-14-8-15(24-9-14)20(33)28(3)4/h11-12,14-17,24H,7-10H2,1-6H3,(H,35,36)/t11-,12+,14-,15?,16+,17-/m0/s1. The summed E-state index contributed by atoms with van der Waals surface area (Å²) in [6, 6.07) is -0.605. The molecule has 3 aliphatic rings. The zero-order valence-electron chi connectivity index (χ0n) is 21.9. The van der Waals surface area contributed by atoms with Crippen LogP contribution in [0.25, 0.3) is 0 Å². The molecule has 0 radical (unpaired) electrons. The number of likely N-dealkylation sites (N-methyl/N-ethyl adjacent to an activating group) is 1. The Morgan fingerprint density at radius 2 is 1.95 bits per heavy atom. The molecule has 2 amide bonds. The lowest BCUT2D eigenvalue weighted by Crippen LogP contribution is -2.62. The number of hydrogen-bond acceptors (Lipinski definition) is 10. The van der Waals surface area contributed by atoms with E-state index in [2.05, 4.69) is 20.8 Å². The average Bonchev–Trinajstić information content (AvgIpc) is 3.52. The summed E-state index contributed by atoms with van der Waals surface area (Å²) in [4.78, 5) is 55.9. The Bertz CT molecular complexity index is 1130. The van der Waals surface area contributed by atoms with Crippen molar-refractivity contribution in [3.63, 3.8) is 0 Å². The highest BCUT2D eigenvalue weighted by Gasteiger charge is 2.60. The third kappa shape index (κ3) is 4.96. The highest BCUT2D eigenvalue weighted by atomic mass is 32.2. The molecule has 202 valence electrons. The Labute approximate surface area is 219 Å². The second-order valence-corrected chi connectivity index (χ2v) is 11.8. The zero-order chi connectivity index (χ0) is 27.2. The SMILES string of the molecule is C[C@@H](CC(=O)Cn1nnnc1N(C)C)[C@H]1C(=O)N2C(C(=O)O)=C(S[C@@H]3CNC(C(=O)N(C)C)C3)[C@H](C)[C@@H]12. The van der Waals surface area contributed by atoms with Crippen molar-refractivity contribution in [3.8, 4) is 0 Å². The number of thioether (sulfide) groups is 1. The molecule has 4 heterocycles. The number of aromatic nitrogens is 4. The third-order valence-corrected chi connectivity index (χ3v) is 8.83. The number of carbonyl (C=O) groups is 4. The normalized spacial score (nSPS) is 27.7. The number of tetrazole rings is 1. The summed E-state index contributed by atoms with van der Waals surface area (Å²) in [5.74, 6) is -1.93. The number of rotatable bonds is 10. The molecule has 0 aliphatic carbocycles. The van der Waals surface area contributed by atoms with Gasteiger partial charge in [-0.25, -0.2) is 9.48 Å². The molecule has 1 unspecified atom stereocenters. The van der Waals surface area contributed by atoms with Gasteiger partial charge in [-0.1, -0.05) is 18.9 Å². The Balaban J connectivity index is 1.43. The number of ketones is 1. The zero-order valence-corrected chi connectivity index (χ0v) is 22.7. The van der Waals surface area contributed by atoms with Crippen LogP contribution in [0.15, 0.2) is 10.6 Å². The smallest absolute Gasteiger partial charge is 0.353 e. The van der Waals surface area contributed by atoms with Crippen LogP contribution < -0.4 is 10.2 Å². The number of fused-ring (bicyclic) bond motifs is 1. The van der Waals surface area contributed by atoms with Crippen LogP contribution in [0, 0.1) is 17.8 Å². The first-order chi connectivity index (χ1) is 17.4. The molecule has 13 nitrogen and oxygen atoms in total. The number of hydrogen-bond donors (Lipinski definition) is 2. The summed E-state index contributed by atoms with van der Waals surface area (Å²) in [6.45, 7) is 4.38. The molecule has 2 saturated heterocycles. The van der Waals surface area contributed by atoms with Crippen LogP contribution in [0.3, 0.4) is 0 Å². The van der Waals surface area contributed by atoms with E-state index in [1.54, 1.807) is 38.0 Å². The summed E-state index contributed by atoms with van der Waals surface area (Å²) < 4.78 is 1.42. The van der Waals surface area contributed by atoms with E-state index in [0.29, 0.717) is 23.8 Å². The van der Waals surface area contributed by atoms with E-state index in [1.807, 2.05) is 13.8 Å². The first-order valence-corrected chi connectivity index (χ1v) is 13.2. The maximum atomic E-state index is 13.2. The Morgan fingerprint density at radius 1 is 1.24 bits per heavy atom. The topological polar surface area (TPSA) is 154 Å². The molecule has 1 aromatic heterocycles. The molecule has 0 spiro atoms. The number of amides is 2. The number of nitrogens with zero attached hydrogens (tertiary/aromatic N) is 7. The second-order valence-electron chi connectivity index (χ2n) is 10.5. The van der Waals surface area contributed by atoms with Crippen LogP contribution >= 0.6 is 11.8 Å². The molecule has 2 N–H and O–H groups in total. The Hall–Kier alpha value is -3.00. The summed E-state index contributed by atoms with van der Waals surface area (Å²) in [6.07, 6.45) is 0.746. The van der Waals surface area contributed by atoms with Gasteiger partial charge in [-0.15, -0.1) is 11.8 Å². The van der Waals surface area contributed by atoms with E-state index < -0.39 is 11.9 Å². The number of aliphatic carboxylic acids is 1. The van der Waals surface area contributed by atoms with Crippen LogP contribution in [0.2, 0.25) is 0 Å². The number of nitrogens with one attached hydrogen (secondary N) is 1. The number of β-lactam (4-membered cyclic amide) rings is 1. The van der Waals surface area contributed by atoms with Crippen molar-refractivity contribution >= 4 is 41.3 Å². The highest BCUT2D eigenvalue weighted by Crippen LogP contribution is 2.53. The van der Waals surface area contributed by atoms with Gasteiger partial charge in [0.1, 0.15) is 12.2 Å². The Kier molecular flexibility index (Phi) is 7.60. The fraction of sp³-hybridized carbons (Fsp3) is 0.696. The summed E-state index contributed by atoms with van der Waals surface area (Å²) in [5, 5.41) is 24.6. The lowest BCUT2D eigenvalue weighted by Gasteiger charge is -2.47. The van der Waals surface area contributed by atoms with Gasteiger partial charge in [0, 0.05) is 57.2 Å². The maximum absolute atomic E-state index is 13.2. The molecule has 37 heavy (non-hydrogen) atoms. The van der Waals surface area contributed by atoms with E-state index in [0.717, 1.165) is 0 Å². The van der Waals surface area contributed by atoms with E-state index in [4.69, 9.17) is 0 Å². The van der Waals surface area contributed by atoms with Crippen molar-refractivity contribution in [2.45, 2.75) is 50.6 Å². The fourth-order valence-corrected chi connectivity index (χ4v) is 7.06. The van der Waals surface area contributed by atoms with Crippen molar-refractivity contribution in [2.24, 2.45) is 17.8 Å². The maximum Gasteiger partial charge on any atom is 0.353 e. The van der Waals surface area contributed by atoms with Crippen LogP contribution in [-0.4, -0.2) is 111 Å². The minimum atomic E-state index is -1.13. The van der Waals surface area contributed by atoms with Gasteiger partial charge in [0.15, 0.2) is 5.78 Å². The lowest BCUT2D eigenvalue weighted by atomic mass is 9.73. The molecule has 0 bridgehead atoms. The van der Waals surface area contributed by atoms with Gasteiger partial charge < -0.3 is 25.1 Å². The van der Waals surface area contributed by atoms with Gasteiger partial charge in [0.05, 0.1) is 18.0 Å². The van der Waals surface area contributed by atoms with E-state index in [9.17, 15) is 24.3 Å². The van der Waals surface area contributed by atoms with Gasteiger partial charge in [-0.3, -0.25) is 14.4 Å². The van der Waals surface area contributed by atoms with Crippen LogP contribution in [-0.2, 0) is 25.7 Å². The van der Waals surface area contributed by atoms with Gasteiger partial charge in [0.25, 0.3) is 0 Å². The predicted molar refractivity (Wildman–Crippen MR) is 135 cm³/mol. The number of anilines is 1. The molecule has 3 aliphatic heterocycles. The quantitative estimate of drug-likeness (QED) is 0.379. The summed E-state index contributed by atoms with van der Waals surface area (Å²) in [7, 11) is 6.98. The van der Waals surface area contributed by atoms with Crippen molar-refractivity contribution in [3.05, 3.63) is 10.6 Å². The third-order valence-electron chi connectivity index (χ3n) is 7.32. The lowest BCUT2D eigenvalue weighted by molar-refractivity contribution is -0.160. The van der Waals surface area contributed by atoms with E-state index in [1.165, 1.54) is 21.3 Å². The van der Waals surface area contributed by atoms with Crippen molar-refractivity contribution < 1.29 is 24.3 Å². The highest BCUT2D eigenvalue weighted by molar-refractivity contribution is 8.03. The van der Waals surface area contributed by atoms with Crippen molar-refractivity contribution in [1.29, 1.82) is 0 Å². The van der Waals surface area contributed by atoms with Gasteiger partial charge >= 0.3 is 5.97 Å². The molecule has 14 heteroatoms. The first-order valence-electron chi connectivity index (χ1n) is 12.3. The largest absolute Gasteiger partial charge is 0.477 e. The van der Waals surface area contributed by atoms with Gasteiger partial charge in [0.2, 0.25) is 17.8 Å². The van der Waals surface area contributed by atoms with Crippen LogP contribution in [0.1, 0.15) is 26.7 Å². The molecule has 2 fully saturated rings. The van der Waals surface area contributed by atoms with Gasteiger partial charge in [-0.05, 0) is 22.8 Å². The summed E-state index contributed by atoms with van der Waals surface area (Å²) in [5.41, 5.74) is 0.0361. The molecule has 4 rings (SSSR count). The molecule has 0 aromatic carbocycles. The number of carbonyl (C=O) groups excluding carboxylic acids is 3. The van der Waals surface area contributed by atoms with Crippen molar-refractivity contribution in [2.75, 3.05) is 39.6 Å². The minimum Gasteiger partial charge on any atom is -0.477 e. The minimum absolute atomic E-state index is 0.00303. The van der Waals surface area contributed by atoms with Crippen LogP contribution in [0.4, 0.5) is 5.95 Å². The van der Waals surface area contributed by atoms with Crippen LogP contribution in [0.5, 0.6) is 0 Å². The van der Waals surface area contributed by atoms with Gasteiger partial charge in [-0.2, -0.15) is 0 Å². The fourth-order valence-electron chi connectivity index (χ4n) is 5.58. The second kappa shape index (κ2) is 10.4. The first kappa shape index (κ1) is 27.0. The number of carboxylic acid groups (broad SMARTS) is 1. The molecular formula is C23H34N8O5S. The average molecular weight is 535 g/mol. The Morgan fingerprint density at radius 3 is 2.57 bits per heavy atom. The number of carboxylic acids is 1. The molecule has 1 aromatic rings. The van der Waals surface area contributed by atoms with Crippen molar-refractivity contribution in [1.82, 2.24) is 35.3 Å². The number of Topliss-reactive ketones (excluding diaryl/α,β-unsaturated/α-hetero) is 1. The predicted octanol–water partition coefficient (Wildman–Crippen LogP) is -0.341. The monoisotopic (exact) mass is 534 g/mol. The molecular weight excluding hydrogens is 500 g/mol. The molecule has 0 saturated carbocycles.